The summed E-state index contributed by atoms with van der Waals surface area (Å²) in [7, 11) is 0. The van der Waals surface area contributed by atoms with E-state index in [0.29, 0.717) is 18.6 Å². The van der Waals surface area contributed by atoms with Gasteiger partial charge >= 0.3 is 0 Å². The molecule has 6 heteroatoms. The highest BCUT2D eigenvalue weighted by Gasteiger charge is 2.44. The summed E-state index contributed by atoms with van der Waals surface area (Å²) in [5.41, 5.74) is 2.97. The number of nitrogens with zero attached hydrogens (tertiary/aromatic N) is 4. The first-order valence-electron chi connectivity index (χ1n) is 8.25. The van der Waals surface area contributed by atoms with Crippen molar-refractivity contribution in [2.75, 3.05) is 18.0 Å². The van der Waals surface area contributed by atoms with Gasteiger partial charge in [-0.15, -0.1) is 0 Å². The van der Waals surface area contributed by atoms with Crippen LogP contribution in [0.5, 0.6) is 0 Å². The number of piperidine rings is 1. The Morgan fingerprint density at radius 3 is 2.54 bits per heavy atom. The first-order valence-corrected chi connectivity index (χ1v) is 8.25. The average molecular weight is 330 g/mol. The van der Waals surface area contributed by atoms with Crippen molar-refractivity contribution in [2.24, 2.45) is 0 Å². The van der Waals surface area contributed by atoms with Gasteiger partial charge in [-0.1, -0.05) is 6.07 Å². The lowest BCUT2D eigenvalue weighted by atomic mass is 9.86. The summed E-state index contributed by atoms with van der Waals surface area (Å²) in [4.78, 5) is 13.4. The molecule has 0 N–H and O–H groups in total. The maximum absolute atomic E-state index is 13.4. The van der Waals surface area contributed by atoms with Crippen LogP contribution in [0.2, 0.25) is 0 Å². The topological polar surface area (TPSA) is 32.3 Å². The second-order valence-electron chi connectivity index (χ2n) is 6.78. The Kier molecular flexibility index (Phi) is 3.72. The molecule has 5 rings (SSSR count). The molecule has 4 nitrogen and oxygen atoms in total. The van der Waals surface area contributed by atoms with Crippen LogP contribution in [0.4, 0.5) is 14.6 Å². The number of benzene rings is 1. The zero-order valence-corrected chi connectivity index (χ0v) is 13.8. The number of aryl methyl sites for hydroxylation is 1. The lowest BCUT2D eigenvalue weighted by Crippen LogP contribution is -2.68. The van der Waals surface area contributed by atoms with Gasteiger partial charge < -0.3 is 4.90 Å². The standard InChI is InChI=1S/C18H20F2N4/c1-11-12(2)21-10-22-18(11)23-8-14-6-15(9-23)24(14)7-13-3-4-16(19)17(20)5-13/h3-5,10,14-15H,6-9H2,1-2H3. The summed E-state index contributed by atoms with van der Waals surface area (Å²) >= 11 is 0. The first-order chi connectivity index (χ1) is 11.5. The van der Waals surface area contributed by atoms with Crippen LogP contribution in [-0.2, 0) is 6.54 Å². The van der Waals surface area contributed by atoms with Crippen LogP contribution in [0.1, 0.15) is 23.2 Å². The molecule has 2 bridgehead atoms. The van der Waals surface area contributed by atoms with Gasteiger partial charge in [0.05, 0.1) is 0 Å². The quantitative estimate of drug-likeness (QED) is 0.866. The molecule has 0 spiro atoms. The van der Waals surface area contributed by atoms with Gasteiger partial charge in [0.1, 0.15) is 12.1 Å². The van der Waals surface area contributed by atoms with Crippen LogP contribution in [0.15, 0.2) is 24.5 Å². The Balaban J connectivity index is 1.47. The van der Waals surface area contributed by atoms with E-state index in [2.05, 4.69) is 26.7 Å². The molecule has 2 unspecified atom stereocenters. The molecule has 0 saturated carbocycles. The van der Waals surface area contributed by atoms with Gasteiger partial charge in [-0.25, -0.2) is 18.7 Å². The van der Waals surface area contributed by atoms with E-state index in [1.54, 1.807) is 12.4 Å². The van der Waals surface area contributed by atoms with Gasteiger partial charge in [-0.05, 0) is 38.0 Å². The number of hydrogen-bond acceptors (Lipinski definition) is 4. The molecule has 3 aliphatic rings. The molecule has 24 heavy (non-hydrogen) atoms. The number of rotatable bonds is 3. The number of fused-ring (bicyclic) bond motifs is 2. The van der Waals surface area contributed by atoms with Gasteiger partial charge in [-0.3, -0.25) is 4.90 Å². The summed E-state index contributed by atoms with van der Waals surface area (Å²) in [6.45, 7) is 6.56. The van der Waals surface area contributed by atoms with Gasteiger partial charge in [0.2, 0.25) is 0 Å². The Morgan fingerprint density at radius 2 is 1.83 bits per heavy atom. The van der Waals surface area contributed by atoms with Crippen LogP contribution in [0.25, 0.3) is 0 Å². The maximum Gasteiger partial charge on any atom is 0.159 e. The second kappa shape index (κ2) is 5.77. The minimum atomic E-state index is -0.789. The van der Waals surface area contributed by atoms with E-state index in [0.717, 1.165) is 42.1 Å². The fraction of sp³-hybridized carbons (Fsp3) is 0.444. The molecule has 1 aromatic heterocycles. The van der Waals surface area contributed by atoms with Crippen LogP contribution < -0.4 is 4.90 Å². The van der Waals surface area contributed by atoms with Gasteiger partial charge in [0, 0.05) is 43.0 Å². The average Bonchev–Trinajstić information content (AvgIpc) is 2.58. The molecule has 0 amide bonds. The van der Waals surface area contributed by atoms with Crippen molar-refractivity contribution in [1.29, 1.82) is 0 Å². The third kappa shape index (κ3) is 2.55. The zero-order valence-electron chi connectivity index (χ0n) is 13.8. The summed E-state index contributed by atoms with van der Waals surface area (Å²) in [6, 6.07) is 5.05. The van der Waals surface area contributed by atoms with Gasteiger partial charge in [-0.2, -0.15) is 0 Å². The molecule has 2 atom stereocenters. The normalized spacial score (nSPS) is 23.2. The number of piperazine rings is 1. The monoisotopic (exact) mass is 330 g/mol. The largest absolute Gasteiger partial charge is 0.353 e. The van der Waals surface area contributed by atoms with E-state index in [9.17, 15) is 8.78 Å². The molecule has 2 aromatic rings. The molecular weight excluding hydrogens is 310 g/mol. The highest BCUT2D eigenvalue weighted by atomic mass is 19.2. The highest BCUT2D eigenvalue weighted by molar-refractivity contribution is 5.49. The second-order valence-corrected chi connectivity index (χ2v) is 6.78. The Hall–Kier alpha value is -2.08. The van der Waals surface area contributed by atoms with Crippen molar-refractivity contribution in [3.8, 4) is 0 Å². The molecule has 1 aromatic carbocycles. The fourth-order valence-corrected chi connectivity index (χ4v) is 3.81. The summed E-state index contributed by atoms with van der Waals surface area (Å²) in [6.07, 6.45) is 2.78. The van der Waals surface area contributed by atoms with Gasteiger partial charge in [0.15, 0.2) is 11.6 Å². The molecule has 3 fully saturated rings. The lowest BCUT2D eigenvalue weighted by Gasteiger charge is -2.57. The van der Waals surface area contributed by atoms with Crippen LogP contribution >= 0.6 is 0 Å². The fourth-order valence-electron chi connectivity index (χ4n) is 3.81. The summed E-state index contributed by atoms with van der Waals surface area (Å²) in [5.74, 6) is -0.542. The van der Waals surface area contributed by atoms with Crippen molar-refractivity contribution in [1.82, 2.24) is 14.9 Å². The predicted molar refractivity (Wildman–Crippen MR) is 87.8 cm³/mol. The van der Waals surface area contributed by atoms with Crippen molar-refractivity contribution in [3.05, 3.63) is 53.0 Å². The summed E-state index contributed by atoms with van der Waals surface area (Å²) in [5, 5.41) is 0. The molecular formula is C18H20F2N4. The SMILES string of the molecule is Cc1ncnc(N2CC3CC(C2)N3Cc2ccc(F)c(F)c2)c1C. The number of aromatic nitrogens is 2. The Morgan fingerprint density at radius 1 is 1.08 bits per heavy atom. The number of halogens is 2. The van der Waals surface area contributed by atoms with E-state index in [4.69, 9.17) is 0 Å². The highest BCUT2D eigenvalue weighted by Crippen LogP contribution is 2.36. The number of anilines is 1. The minimum absolute atomic E-state index is 0.437. The maximum atomic E-state index is 13.4. The van der Waals surface area contributed by atoms with Crippen LogP contribution in [-0.4, -0.2) is 40.0 Å². The summed E-state index contributed by atoms with van der Waals surface area (Å²) < 4.78 is 26.5. The van der Waals surface area contributed by atoms with E-state index >= 15 is 0 Å². The molecule has 3 aliphatic heterocycles. The molecule has 4 heterocycles. The van der Waals surface area contributed by atoms with Crippen LogP contribution in [0.3, 0.4) is 0 Å². The first kappa shape index (κ1) is 15.4. The van der Waals surface area contributed by atoms with E-state index < -0.39 is 11.6 Å². The smallest absolute Gasteiger partial charge is 0.159 e. The minimum Gasteiger partial charge on any atom is -0.353 e. The van der Waals surface area contributed by atoms with Crippen LogP contribution in [0, 0.1) is 25.5 Å². The lowest BCUT2D eigenvalue weighted by molar-refractivity contribution is -0.00881. The van der Waals surface area contributed by atoms with Crippen molar-refractivity contribution < 1.29 is 8.78 Å². The molecule has 126 valence electrons. The predicted octanol–water partition coefficient (Wildman–Crippen LogP) is 2.83. The molecule has 0 aliphatic carbocycles. The third-order valence-electron chi connectivity index (χ3n) is 5.30. The van der Waals surface area contributed by atoms with Gasteiger partial charge in [0.25, 0.3) is 0 Å². The molecule has 0 radical (unpaired) electrons. The van der Waals surface area contributed by atoms with E-state index in [1.807, 2.05) is 6.92 Å². The van der Waals surface area contributed by atoms with Crippen molar-refractivity contribution in [3.63, 3.8) is 0 Å². The third-order valence-corrected chi connectivity index (χ3v) is 5.30. The Labute approximate surface area is 140 Å². The van der Waals surface area contributed by atoms with E-state index in [-0.39, 0.29) is 0 Å². The molecule has 3 saturated heterocycles. The van der Waals surface area contributed by atoms with Crippen molar-refractivity contribution >= 4 is 5.82 Å². The Bertz CT molecular complexity index is 768. The zero-order chi connectivity index (χ0) is 16.8. The number of hydrogen-bond donors (Lipinski definition) is 0. The van der Waals surface area contributed by atoms with E-state index in [1.165, 1.54) is 12.1 Å². The van der Waals surface area contributed by atoms with Crippen molar-refractivity contribution in [2.45, 2.75) is 38.9 Å².